The molecule has 3 aromatic rings. The van der Waals surface area contributed by atoms with E-state index in [-0.39, 0.29) is 23.8 Å². The number of terminal acetylenes is 1. The van der Waals surface area contributed by atoms with Crippen molar-refractivity contribution < 1.29 is 19.0 Å². The van der Waals surface area contributed by atoms with E-state index in [1.54, 1.807) is 57.2 Å². The Balaban J connectivity index is 1.89. The molecule has 0 aliphatic carbocycles. The molecule has 1 atom stereocenters. The molecule has 38 heavy (non-hydrogen) atoms. The lowest BCUT2D eigenvalue weighted by Gasteiger charge is -2.26. The van der Waals surface area contributed by atoms with Crippen molar-refractivity contribution in [3.05, 3.63) is 89.6 Å². The van der Waals surface area contributed by atoms with Crippen LogP contribution in [0, 0.1) is 12.3 Å². The van der Waals surface area contributed by atoms with Crippen LogP contribution < -0.4 is 24.4 Å². The number of ether oxygens (including phenoxy) is 3. The van der Waals surface area contributed by atoms with Gasteiger partial charge in [0.15, 0.2) is 16.3 Å². The lowest BCUT2D eigenvalue weighted by atomic mass is 9.96. The molecule has 2 heterocycles. The first-order chi connectivity index (χ1) is 18.2. The van der Waals surface area contributed by atoms with E-state index in [1.807, 2.05) is 19.1 Å². The summed E-state index contributed by atoms with van der Waals surface area (Å²) >= 11 is 7.80. The number of hydrogen-bond acceptors (Lipinski definition) is 7. The largest absolute Gasteiger partial charge is 0.490 e. The molecule has 1 aromatic heterocycles. The van der Waals surface area contributed by atoms with Gasteiger partial charge in [-0.3, -0.25) is 9.36 Å². The number of benzene rings is 2. The van der Waals surface area contributed by atoms with Crippen molar-refractivity contribution >= 4 is 35.0 Å². The van der Waals surface area contributed by atoms with Crippen molar-refractivity contribution in [2.75, 3.05) is 13.2 Å². The highest BCUT2D eigenvalue weighted by Gasteiger charge is 2.34. The maximum atomic E-state index is 13.8. The second kappa shape index (κ2) is 11.7. The molecule has 7 nitrogen and oxygen atoms in total. The van der Waals surface area contributed by atoms with Gasteiger partial charge in [0.25, 0.3) is 5.56 Å². The number of rotatable bonds is 8. The molecule has 1 aliphatic rings. The zero-order valence-electron chi connectivity index (χ0n) is 21.5. The molecule has 0 radical (unpaired) electrons. The Bertz CT molecular complexity index is 1630. The summed E-state index contributed by atoms with van der Waals surface area (Å²) in [7, 11) is 0. The predicted molar refractivity (Wildman–Crippen MR) is 148 cm³/mol. The molecular weight excluding hydrogens is 524 g/mol. The maximum absolute atomic E-state index is 13.8. The van der Waals surface area contributed by atoms with E-state index in [0.29, 0.717) is 43.7 Å². The monoisotopic (exact) mass is 550 g/mol. The zero-order valence-corrected chi connectivity index (χ0v) is 23.1. The van der Waals surface area contributed by atoms with Gasteiger partial charge in [0, 0.05) is 5.02 Å². The fourth-order valence-electron chi connectivity index (χ4n) is 4.12. The third-order valence-corrected chi connectivity index (χ3v) is 6.99. The van der Waals surface area contributed by atoms with E-state index in [1.165, 1.54) is 15.9 Å². The summed E-state index contributed by atoms with van der Waals surface area (Å²) in [6, 6.07) is 11.7. The van der Waals surface area contributed by atoms with Crippen LogP contribution in [0.15, 0.2) is 63.5 Å². The normalized spacial score (nSPS) is 15.1. The van der Waals surface area contributed by atoms with Crippen molar-refractivity contribution in [3.63, 3.8) is 0 Å². The Labute approximate surface area is 229 Å². The van der Waals surface area contributed by atoms with Gasteiger partial charge in [-0.1, -0.05) is 53.1 Å². The number of esters is 1. The molecule has 1 aliphatic heterocycles. The number of carbonyl (C=O) groups is 1. The van der Waals surface area contributed by atoms with Gasteiger partial charge in [-0.25, -0.2) is 9.79 Å². The first-order valence-electron chi connectivity index (χ1n) is 12.1. The van der Waals surface area contributed by atoms with Gasteiger partial charge < -0.3 is 14.2 Å². The van der Waals surface area contributed by atoms with Crippen LogP contribution in [0.2, 0.25) is 5.02 Å². The van der Waals surface area contributed by atoms with Gasteiger partial charge in [-0.2, -0.15) is 0 Å². The first kappa shape index (κ1) is 27.2. The van der Waals surface area contributed by atoms with Gasteiger partial charge in [0.1, 0.15) is 12.6 Å². The van der Waals surface area contributed by atoms with Gasteiger partial charge in [-0.05, 0) is 63.1 Å². The van der Waals surface area contributed by atoms with Crippen molar-refractivity contribution in [3.8, 4) is 23.8 Å². The molecule has 0 amide bonds. The smallest absolute Gasteiger partial charge is 0.338 e. The number of carbonyl (C=O) groups excluding carboxylic acids is 1. The Morgan fingerprint density at radius 2 is 2.00 bits per heavy atom. The molecule has 2 aromatic carbocycles. The van der Waals surface area contributed by atoms with Crippen LogP contribution in [0.3, 0.4) is 0 Å². The molecule has 9 heteroatoms. The summed E-state index contributed by atoms with van der Waals surface area (Å²) < 4.78 is 18.8. The number of hydrogen-bond donors (Lipinski definition) is 0. The minimum Gasteiger partial charge on any atom is -0.490 e. The molecular formula is C29H27ClN2O5S. The minimum atomic E-state index is -0.785. The average molecular weight is 551 g/mol. The number of halogens is 1. The first-order valence-corrected chi connectivity index (χ1v) is 13.3. The van der Waals surface area contributed by atoms with E-state index in [0.717, 1.165) is 5.56 Å². The fraction of sp³-hybridized carbons (Fsp3) is 0.276. The van der Waals surface area contributed by atoms with Crippen molar-refractivity contribution in [1.29, 1.82) is 0 Å². The third kappa shape index (κ3) is 5.54. The molecule has 0 bridgehead atoms. The van der Waals surface area contributed by atoms with Crippen molar-refractivity contribution in [2.24, 2.45) is 4.99 Å². The highest BCUT2D eigenvalue weighted by molar-refractivity contribution is 7.07. The number of aromatic nitrogens is 1. The van der Waals surface area contributed by atoms with Gasteiger partial charge in [0.05, 0.1) is 28.5 Å². The van der Waals surface area contributed by atoms with E-state index in [2.05, 4.69) is 10.9 Å². The van der Waals surface area contributed by atoms with Crippen molar-refractivity contribution in [1.82, 2.24) is 4.57 Å². The summed E-state index contributed by atoms with van der Waals surface area (Å²) in [5.74, 6) is 2.94. The molecule has 4 rings (SSSR count). The number of allylic oxidation sites excluding steroid dienone is 1. The summed E-state index contributed by atoms with van der Waals surface area (Å²) in [5, 5.41) is 0.431. The second-order valence-corrected chi connectivity index (χ2v) is 10.1. The Morgan fingerprint density at radius 3 is 2.68 bits per heavy atom. The number of thiazole rings is 1. The summed E-state index contributed by atoms with van der Waals surface area (Å²) in [5.41, 5.74) is 1.80. The van der Waals surface area contributed by atoms with E-state index < -0.39 is 12.0 Å². The Hall–Kier alpha value is -3.80. The van der Waals surface area contributed by atoms with Crippen LogP contribution >= 0.6 is 22.9 Å². The second-order valence-electron chi connectivity index (χ2n) is 8.69. The lowest BCUT2D eigenvalue weighted by molar-refractivity contribution is -0.143. The molecule has 0 fully saturated rings. The third-order valence-electron chi connectivity index (χ3n) is 5.66. The highest BCUT2D eigenvalue weighted by Crippen LogP contribution is 2.34. The van der Waals surface area contributed by atoms with Crippen LogP contribution in [0.25, 0.3) is 6.08 Å². The van der Waals surface area contributed by atoms with Crippen LogP contribution in [0.4, 0.5) is 0 Å². The van der Waals surface area contributed by atoms with Crippen LogP contribution in [-0.2, 0) is 9.53 Å². The van der Waals surface area contributed by atoms with E-state index >= 15 is 0 Å². The molecule has 0 saturated carbocycles. The van der Waals surface area contributed by atoms with Gasteiger partial charge >= 0.3 is 5.97 Å². The van der Waals surface area contributed by atoms with E-state index in [9.17, 15) is 9.59 Å². The quantitative estimate of drug-likeness (QED) is 0.309. The fourth-order valence-corrected chi connectivity index (χ4v) is 5.41. The molecule has 0 saturated heterocycles. The molecule has 1 unspecified atom stereocenters. The summed E-state index contributed by atoms with van der Waals surface area (Å²) in [6.07, 6.45) is 6.73. The molecule has 0 N–H and O–H groups in total. The number of fused-ring (bicyclic) bond motifs is 1. The van der Waals surface area contributed by atoms with E-state index in [4.69, 9.17) is 32.2 Å². The lowest BCUT2D eigenvalue weighted by Crippen LogP contribution is -2.40. The summed E-state index contributed by atoms with van der Waals surface area (Å²) in [4.78, 5) is 32.1. The van der Waals surface area contributed by atoms with Gasteiger partial charge in [0.2, 0.25) is 0 Å². The van der Waals surface area contributed by atoms with Crippen LogP contribution in [0.1, 0.15) is 44.9 Å². The Kier molecular flexibility index (Phi) is 8.40. The molecule has 196 valence electrons. The van der Waals surface area contributed by atoms with Crippen molar-refractivity contribution in [2.45, 2.75) is 39.8 Å². The maximum Gasteiger partial charge on any atom is 0.338 e. The predicted octanol–water partition coefficient (Wildman–Crippen LogP) is 4.25. The number of nitrogens with zero attached hydrogens (tertiary/aromatic N) is 2. The standard InChI is InChI=1S/C29H27ClN2O5S/c1-6-14-36-22-13-12-19(15-23(22)35-7-2)16-24-27(33)32-26(20-10-8-9-11-21(20)30)25(28(34)37-17(3)4)18(5)31-29(32)38-24/h1,8-13,15-17,26H,7,14H2,2-5H3. The van der Waals surface area contributed by atoms with Gasteiger partial charge in [-0.15, -0.1) is 6.42 Å². The molecule has 0 spiro atoms. The SMILES string of the molecule is C#CCOc1ccc(C=c2sc3n(c2=O)C(c2ccccc2Cl)C(C(=O)OC(C)C)=C(C)N=3)cc1OCC. The Morgan fingerprint density at radius 1 is 1.24 bits per heavy atom. The topological polar surface area (TPSA) is 79.1 Å². The minimum absolute atomic E-state index is 0.112. The highest BCUT2D eigenvalue weighted by atomic mass is 35.5. The average Bonchev–Trinajstić information content (AvgIpc) is 3.17. The zero-order chi connectivity index (χ0) is 27.4. The summed E-state index contributed by atoms with van der Waals surface area (Å²) in [6.45, 7) is 7.70. The van der Waals surface area contributed by atoms with Crippen LogP contribution in [-0.4, -0.2) is 29.9 Å². The van der Waals surface area contributed by atoms with Crippen LogP contribution in [0.5, 0.6) is 11.5 Å².